The monoisotopic (exact) mass is 577 g/mol. The summed E-state index contributed by atoms with van der Waals surface area (Å²) in [4.78, 5) is 2.30. The summed E-state index contributed by atoms with van der Waals surface area (Å²) in [5.74, 6) is 0.872. The molecular weight excluding hydrogens is 546 g/mol. The maximum atomic E-state index is 7.06. The summed E-state index contributed by atoms with van der Waals surface area (Å²) in [6, 6.07) is 61.8. The molecule has 0 amide bonds. The van der Waals surface area contributed by atoms with Crippen LogP contribution in [0.15, 0.2) is 182 Å². The van der Waals surface area contributed by atoms with Gasteiger partial charge in [-0.05, 0) is 76.5 Å². The fraction of sp³-hybridized carbons (Fsp3) is 0.0233. The molecule has 0 fully saturated rings. The number of benzene rings is 7. The molecule has 1 unspecified atom stereocenters. The van der Waals surface area contributed by atoms with E-state index in [1.54, 1.807) is 0 Å². The van der Waals surface area contributed by atoms with Crippen LogP contribution in [-0.4, -0.2) is 0 Å². The van der Waals surface area contributed by atoms with Crippen molar-refractivity contribution in [1.82, 2.24) is 0 Å². The third-order valence-electron chi connectivity index (χ3n) is 8.67. The average Bonchev–Trinajstić information content (AvgIpc) is 3.13. The van der Waals surface area contributed by atoms with Crippen molar-refractivity contribution >= 4 is 33.9 Å². The summed E-state index contributed by atoms with van der Waals surface area (Å²) in [5.41, 5.74) is 8.27. The highest BCUT2D eigenvalue weighted by Crippen LogP contribution is 2.45. The summed E-state index contributed by atoms with van der Waals surface area (Å²) in [6.07, 6.45) is 4.46. The first-order valence-electron chi connectivity index (χ1n) is 15.4. The Morgan fingerprint density at radius 2 is 1.00 bits per heavy atom. The minimum Gasteiger partial charge on any atom is -0.473 e. The smallest absolute Gasteiger partial charge is 0.178 e. The molecule has 0 N–H and O–H groups in total. The van der Waals surface area contributed by atoms with E-state index in [0.717, 1.165) is 50.3 Å². The molecule has 0 spiro atoms. The molecule has 1 aliphatic rings. The highest BCUT2D eigenvalue weighted by molar-refractivity contribution is 5.97. The molecule has 0 saturated carbocycles. The zero-order valence-corrected chi connectivity index (χ0v) is 24.8. The second-order valence-corrected chi connectivity index (χ2v) is 11.4. The molecular formula is C43H31NO. The molecule has 0 aromatic heterocycles. The van der Waals surface area contributed by atoms with Gasteiger partial charge in [0.15, 0.2) is 5.60 Å². The molecule has 45 heavy (non-hydrogen) atoms. The predicted molar refractivity (Wildman–Crippen MR) is 187 cm³/mol. The van der Waals surface area contributed by atoms with E-state index < -0.39 is 5.60 Å². The second-order valence-electron chi connectivity index (χ2n) is 11.4. The average molecular weight is 578 g/mol. The van der Waals surface area contributed by atoms with E-state index in [1.807, 2.05) is 6.07 Å². The predicted octanol–water partition coefficient (Wildman–Crippen LogP) is 11.3. The van der Waals surface area contributed by atoms with Gasteiger partial charge in [0.2, 0.25) is 0 Å². The van der Waals surface area contributed by atoms with Crippen LogP contribution in [0.5, 0.6) is 5.75 Å². The zero-order valence-electron chi connectivity index (χ0n) is 24.8. The van der Waals surface area contributed by atoms with E-state index in [1.165, 1.54) is 11.1 Å². The van der Waals surface area contributed by atoms with Crippen LogP contribution in [-0.2, 0) is 5.60 Å². The fourth-order valence-electron chi connectivity index (χ4n) is 6.43. The van der Waals surface area contributed by atoms with E-state index in [2.05, 4.69) is 187 Å². The van der Waals surface area contributed by atoms with Gasteiger partial charge in [-0.25, -0.2) is 0 Å². The van der Waals surface area contributed by atoms with E-state index in [-0.39, 0.29) is 0 Å². The lowest BCUT2D eigenvalue weighted by Crippen LogP contribution is -2.34. The lowest BCUT2D eigenvalue weighted by atomic mass is 9.82. The van der Waals surface area contributed by atoms with Gasteiger partial charge in [0.25, 0.3) is 0 Å². The maximum absolute atomic E-state index is 7.06. The topological polar surface area (TPSA) is 12.5 Å². The summed E-state index contributed by atoms with van der Waals surface area (Å²) in [6.45, 7) is 0. The minimum absolute atomic E-state index is 0.742. The number of hydrogen-bond donors (Lipinski definition) is 0. The quantitative estimate of drug-likeness (QED) is 0.195. The molecule has 0 bridgehead atoms. The van der Waals surface area contributed by atoms with Crippen molar-refractivity contribution in [2.45, 2.75) is 5.60 Å². The van der Waals surface area contributed by atoms with E-state index in [9.17, 15) is 0 Å². The molecule has 0 saturated heterocycles. The third kappa shape index (κ3) is 4.87. The first-order chi connectivity index (χ1) is 22.3. The molecule has 7 aromatic carbocycles. The Kier molecular flexibility index (Phi) is 6.73. The van der Waals surface area contributed by atoms with E-state index in [0.29, 0.717) is 0 Å². The van der Waals surface area contributed by atoms with Crippen LogP contribution in [0.1, 0.15) is 16.7 Å². The normalized spacial score (nSPS) is 15.3. The van der Waals surface area contributed by atoms with Crippen LogP contribution in [0.4, 0.5) is 17.1 Å². The lowest BCUT2D eigenvalue weighted by Gasteiger charge is -2.36. The van der Waals surface area contributed by atoms with E-state index >= 15 is 0 Å². The Hall–Kier alpha value is -5.86. The molecule has 214 valence electrons. The van der Waals surface area contributed by atoms with Gasteiger partial charge in [0, 0.05) is 33.8 Å². The van der Waals surface area contributed by atoms with Crippen molar-refractivity contribution in [1.29, 1.82) is 0 Å². The highest BCUT2D eigenvalue weighted by Gasteiger charge is 2.37. The van der Waals surface area contributed by atoms with Crippen molar-refractivity contribution < 1.29 is 4.74 Å². The van der Waals surface area contributed by atoms with Crippen molar-refractivity contribution in [3.8, 4) is 16.9 Å². The van der Waals surface area contributed by atoms with Gasteiger partial charge in [0.05, 0.1) is 0 Å². The summed E-state index contributed by atoms with van der Waals surface area (Å²) in [5, 5.41) is 2.32. The van der Waals surface area contributed by atoms with Crippen molar-refractivity contribution in [2.75, 3.05) is 4.90 Å². The summed E-state index contributed by atoms with van der Waals surface area (Å²) < 4.78 is 7.06. The SMILES string of the molecule is C1=CC(c2ccccc2)(c2ccc(-c3ccccc3)cc2)Oc2ccc3cc(N(c4ccccc4)c4ccccc4)ccc3c21. The number of rotatable bonds is 6. The number of anilines is 3. The van der Waals surface area contributed by atoms with Gasteiger partial charge < -0.3 is 9.64 Å². The molecule has 2 nitrogen and oxygen atoms in total. The fourth-order valence-corrected chi connectivity index (χ4v) is 6.43. The summed E-state index contributed by atoms with van der Waals surface area (Å²) in [7, 11) is 0. The van der Waals surface area contributed by atoms with Gasteiger partial charge >= 0.3 is 0 Å². The van der Waals surface area contributed by atoms with Crippen LogP contribution in [0, 0.1) is 0 Å². The van der Waals surface area contributed by atoms with Crippen LogP contribution in [0.25, 0.3) is 28.0 Å². The largest absolute Gasteiger partial charge is 0.473 e. The molecule has 7 aromatic rings. The first-order valence-corrected chi connectivity index (χ1v) is 15.4. The molecule has 1 atom stereocenters. The zero-order chi connectivity index (χ0) is 30.1. The Morgan fingerprint density at radius 3 is 1.64 bits per heavy atom. The van der Waals surface area contributed by atoms with Gasteiger partial charge in [-0.1, -0.05) is 133 Å². The van der Waals surface area contributed by atoms with Gasteiger partial charge in [0.1, 0.15) is 5.75 Å². The standard InChI is InChI=1S/C43H31NO/c1-5-13-32(14-6-1)33-21-24-36(25-22-33)43(35-15-7-2-8-16-35)30-29-41-40-27-26-39(31-34(40)23-28-42(41)45-43)44(37-17-9-3-10-18-37)38-19-11-4-12-20-38/h1-31H. The summed E-state index contributed by atoms with van der Waals surface area (Å²) >= 11 is 0. The van der Waals surface area contributed by atoms with Gasteiger partial charge in [-0.3, -0.25) is 0 Å². The molecule has 0 radical (unpaired) electrons. The second kappa shape index (κ2) is 11.3. The lowest BCUT2D eigenvalue weighted by molar-refractivity contribution is 0.161. The number of para-hydroxylation sites is 2. The maximum Gasteiger partial charge on any atom is 0.178 e. The highest BCUT2D eigenvalue weighted by atomic mass is 16.5. The number of hydrogen-bond acceptors (Lipinski definition) is 2. The Morgan fingerprint density at radius 1 is 0.444 bits per heavy atom. The van der Waals surface area contributed by atoms with Gasteiger partial charge in [-0.2, -0.15) is 0 Å². The molecule has 8 rings (SSSR count). The number of fused-ring (bicyclic) bond motifs is 3. The van der Waals surface area contributed by atoms with Crippen LogP contribution in [0.3, 0.4) is 0 Å². The Labute approximate surface area is 264 Å². The Bertz CT molecular complexity index is 2070. The van der Waals surface area contributed by atoms with Crippen LogP contribution in [0.2, 0.25) is 0 Å². The van der Waals surface area contributed by atoms with Crippen molar-refractivity contribution in [3.05, 3.63) is 199 Å². The molecule has 0 aliphatic carbocycles. The van der Waals surface area contributed by atoms with E-state index in [4.69, 9.17) is 4.74 Å². The number of nitrogens with zero attached hydrogens (tertiary/aromatic N) is 1. The minimum atomic E-state index is -0.742. The third-order valence-corrected chi connectivity index (χ3v) is 8.67. The first kappa shape index (κ1) is 26.7. The number of ether oxygens (including phenoxy) is 1. The van der Waals surface area contributed by atoms with Crippen molar-refractivity contribution in [3.63, 3.8) is 0 Å². The molecule has 1 heterocycles. The molecule has 1 aliphatic heterocycles. The van der Waals surface area contributed by atoms with Crippen LogP contribution >= 0.6 is 0 Å². The molecule has 2 heteroatoms. The van der Waals surface area contributed by atoms with Crippen LogP contribution < -0.4 is 9.64 Å². The van der Waals surface area contributed by atoms with Gasteiger partial charge in [-0.15, -0.1) is 0 Å². The van der Waals surface area contributed by atoms with Crippen molar-refractivity contribution in [2.24, 2.45) is 0 Å². The Balaban J connectivity index is 1.21.